The minimum atomic E-state index is -1.01. The van der Waals surface area contributed by atoms with E-state index in [1.165, 1.54) is 10.9 Å². The molecule has 2 aromatic heterocycles. The number of carbonyl (C=O) groups is 1. The Morgan fingerprint density at radius 2 is 2.21 bits per heavy atom. The molecule has 3 rings (SSSR count). The molecule has 96 valence electrons. The summed E-state index contributed by atoms with van der Waals surface area (Å²) in [4.78, 5) is 19.6. The fourth-order valence-electron chi connectivity index (χ4n) is 2.08. The van der Waals surface area contributed by atoms with Crippen molar-refractivity contribution in [1.29, 1.82) is 0 Å². The zero-order valence-electron chi connectivity index (χ0n) is 10.4. The van der Waals surface area contributed by atoms with Crippen molar-refractivity contribution >= 4 is 17.1 Å². The van der Waals surface area contributed by atoms with Gasteiger partial charge in [0.05, 0.1) is 6.33 Å². The van der Waals surface area contributed by atoms with Crippen LogP contribution in [0.2, 0.25) is 0 Å². The highest BCUT2D eigenvalue weighted by Gasteiger charge is 2.18. The Balaban J connectivity index is 2.21. The van der Waals surface area contributed by atoms with Crippen molar-refractivity contribution in [1.82, 2.24) is 14.5 Å². The average Bonchev–Trinajstić information content (AvgIpc) is 2.89. The van der Waals surface area contributed by atoms with Gasteiger partial charge in [-0.05, 0) is 18.2 Å². The lowest BCUT2D eigenvalue weighted by Crippen LogP contribution is -2.05. The molecular weight excluding hydrogens is 246 g/mol. The number of nitrogens with zero attached hydrogens (tertiary/aromatic N) is 3. The summed E-state index contributed by atoms with van der Waals surface area (Å²) in [5.41, 5.74) is 2.65. The van der Waals surface area contributed by atoms with Crippen LogP contribution in [0, 0.1) is 6.92 Å². The second-order valence-corrected chi connectivity index (χ2v) is 4.27. The molecule has 2 heterocycles. The van der Waals surface area contributed by atoms with Crippen molar-refractivity contribution in [2.24, 2.45) is 7.05 Å². The predicted molar refractivity (Wildman–Crippen MR) is 67.9 cm³/mol. The number of oxazole rings is 1. The topological polar surface area (TPSA) is 81.2 Å². The molecule has 0 spiro atoms. The van der Waals surface area contributed by atoms with E-state index in [1.807, 2.05) is 0 Å². The first-order chi connectivity index (χ1) is 9.06. The number of aryl methyl sites for hydroxylation is 2. The number of hydrogen-bond donors (Lipinski definition) is 1. The summed E-state index contributed by atoms with van der Waals surface area (Å²) in [5, 5.41) is 9.22. The number of benzene rings is 1. The van der Waals surface area contributed by atoms with E-state index in [0.29, 0.717) is 28.2 Å². The van der Waals surface area contributed by atoms with Gasteiger partial charge in [-0.3, -0.25) is 0 Å². The molecule has 6 heteroatoms. The predicted octanol–water partition coefficient (Wildman–Crippen LogP) is 2.23. The van der Waals surface area contributed by atoms with E-state index in [4.69, 9.17) is 4.42 Å². The first-order valence-corrected chi connectivity index (χ1v) is 5.68. The van der Waals surface area contributed by atoms with Crippen LogP contribution in [0.15, 0.2) is 28.9 Å². The SMILES string of the molecule is Cc1nc2cc(-c3ncn(C)c3C(=O)O)ccc2o1. The molecule has 0 aliphatic rings. The molecule has 1 N–H and O–H groups in total. The van der Waals surface area contributed by atoms with Crippen molar-refractivity contribution in [2.75, 3.05) is 0 Å². The van der Waals surface area contributed by atoms with Gasteiger partial charge < -0.3 is 14.1 Å². The van der Waals surface area contributed by atoms with Crippen molar-refractivity contribution in [3.8, 4) is 11.3 Å². The molecule has 0 bridgehead atoms. The summed E-state index contributed by atoms with van der Waals surface area (Å²) in [6, 6.07) is 5.33. The van der Waals surface area contributed by atoms with E-state index in [2.05, 4.69) is 9.97 Å². The third kappa shape index (κ3) is 1.77. The van der Waals surface area contributed by atoms with Crippen LogP contribution < -0.4 is 0 Å². The van der Waals surface area contributed by atoms with E-state index < -0.39 is 5.97 Å². The maximum Gasteiger partial charge on any atom is 0.354 e. The smallest absolute Gasteiger partial charge is 0.354 e. The minimum Gasteiger partial charge on any atom is -0.477 e. The van der Waals surface area contributed by atoms with Crippen molar-refractivity contribution < 1.29 is 14.3 Å². The summed E-state index contributed by atoms with van der Waals surface area (Å²) >= 11 is 0. The van der Waals surface area contributed by atoms with Crippen LogP contribution in [0.4, 0.5) is 0 Å². The van der Waals surface area contributed by atoms with Crippen LogP contribution in [-0.2, 0) is 7.05 Å². The molecule has 0 saturated carbocycles. The standard InChI is InChI=1S/C13H11N3O3/c1-7-15-9-5-8(3-4-10(9)19-7)11-12(13(17)18)16(2)6-14-11/h3-6H,1-2H3,(H,17,18). The number of hydrogen-bond acceptors (Lipinski definition) is 4. The second kappa shape index (κ2) is 3.94. The van der Waals surface area contributed by atoms with Crippen LogP contribution in [-0.4, -0.2) is 25.6 Å². The van der Waals surface area contributed by atoms with Gasteiger partial charge in [-0.2, -0.15) is 0 Å². The Hall–Kier alpha value is -2.63. The number of imidazole rings is 1. The molecule has 0 fully saturated rings. The number of rotatable bonds is 2. The number of aromatic carboxylic acids is 1. The maximum absolute atomic E-state index is 11.2. The van der Waals surface area contributed by atoms with Gasteiger partial charge >= 0.3 is 5.97 Å². The van der Waals surface area contributed by atoms with E-state index >= 15 is 0 Å². The largest absolute Gasteiger partial charge is 0.477 e. The molecule has 3 aromatic rings. The van der Waals surface area contributed by atoms with Gasteiger partial charge in [-0.15, -0.1) is 0 Å². The Morgan fingerprint density at radius 3 is 2.95 bits per heavy atom. The van der Waals surface area contributed by atoms with Crippen LogP contribution in [0.3, 0.4) is 0 Å². The Bertz CT molecular complexity index is 786. The minimum absolute atomic E-state index is 0.152. The molecule has 0 amide bonds. The lowest BCUT2D eigenvalue weighted by molar-refractivity contribution is 0.0687. The van der Waals surface area contributed by atoms with Crippen molar-refractivity contribution in [3.63, 3.8) is 0 Å². The molecule has 0 atom stereocenters. The van der Waals surface area contributed by atoms with Gasteiger partial charge in [0.15, 0.2) is 17.2 Å². The molecule has 0 aliphatic carbocycles. The van der Waals surface area contributed by atoms with E-state index in [1.54, 1.807) is 32.2 Å². The van der Waals surface area contributed by atoms with Crippen molar-refractivity contribution in [3.05, 3.63) is 36.1 Å². The lowest BCUT2D eigenvalue weighted by atomic mass is 10.1. The Morgan fingerprint density at radius 1 is 1.42 bits per heavy atom. The number of carboxylic acid groups (broad SMARTS) is 1. The summed E-state index contributed by atoms with van der Waals surface area (Å²) in [7, 11) is 1.65. The summed E-state index contributed by atoms with van der Waals surface area (Å²) in [5.74, 6) is -0.432. The van der Waals surface area contributed by atoms with Crippen LogP contribution in [0.5, 0.6) is 0 Å². The molecule has 0 radical (unpaired) electrons. The first kappa shape index (κ1) is 11.5. The number of fused-ring (bicyclic) bond motifs is 1. The molecule has 0 saturated heterocycles. The quantitative estimate of drug-likeness (QED) is 0.761. The number of aromatic nitrogens is 3. The van der Waals surface area contributed by atoms with E-state index in [-0.39, 0.29) is 5.69 Å². The highest BCUT2D eigenvalue weighted by Crippen LogP contribution is 2.26. The number of carboxylic acids is 1. The van der Waals surface area contributed by atoms with E-state index in [9.17, 15) is 9.90 Å². The monoisotopic (exact) mass is 257 g/mol. The molecule has 0 aliphatic heterocycles. The normalized spacial score (nSPS) is 11.1. The summed E-state index contributed by atoms with van der Waals surface area (Å²) in [6.07, 6.45) is 1.48. The fraction of sp³-hybridized carbons (Fsp3) is 0.154. The summed E-state index contributed by atoms with van der Waals surface area (Å²) in [6.45, 7) is 1.77. The van der Waals surface area contributed by atoms with Gasteiger partial charge in [0.1, 0.15) is 11.2 Å². The molecule has 0 unspecified atom stereocenters. The average molecular weight is 257 g/mol. The zero-order chi connectivity index (χ0) is 13.6. The third-order valence-corrected chi connectivity index (χ3v) is 2.91. The van der Waals surface area contributed by atoms with Gasteiger partial charge in [-0.25, -0.2) is 14.8 Å². The lowest BCUT2D eigenvalue weighted by Gasteiger charge is -2.01. The van der Waals surface area contributed by atoms with Gasteiger partial charge in [0.25, 0.3) is 0 Å². The Labute approximate surface area is 108 Å². The first-order valence-electron chi connectivity index (χ1n) is 5.68. The highest BCUT2D eigenvalue weighted by atomic mass is 16.4. The van der Waals surface area contributed by atoms with Crippen LogP contribution >= 0.6 is 0 Å². The highest BCUT2D eigenvalue weighted by molar-refractivity contribution is 5.94. The fourth-order valence-corrected chi connectivity index (χ4v) is 2.08. The molecule has 1 aromatic carbocycles. The van der Waals surface area contributed by atoms with Crippen molar-refractivity contribution in [2.45, 2.75) is 6.92 Å². The van der Waals surface area contributed by atoms with Crippen LogP contribution in [0.25, 0.3) is 22.4 Å². The van der Waals surface area contributed by atoms with Gasteiger partial charge in [0.2, 0.25) is 0 Å². The molecule has 19 heavy (non-hydrogen) atoms. The maximum atomic E-state index is 11.2. The summed E-state index contributed by atoms with van der Waals surface area (Å²) < 4.78 is 6.87. The van der Waals surface area contributed by atoms with Crippen LogP contribution in [0.1, 0.15) is 16.4 Å². The van der Waals surface area contributed by atoms with E-state index in [0.717, 1.165) is 0 Å². The Kier molecular flexibility index (Phi) is 2.38. The third-order valence-electron chi connectivity index (χ3n) is 2.91. The second-order valence-electron chi connectivity index (χ2n) is 4.27. The molecule has 6 nitrogen and oxygen atoms in total. The molecular formula is C13H11N3O3. The van der Waals surface area contributed by atoms with Gasteiger partial charge in [0, 0.05) is 19.5 Å². The zero-order valence-corrected chi connectivity index (χ0v) is 10.4. The van der Waals surface area contributed by atoms with Gasteiger partial charge in [-0.1, -0.05) is 0 Å².